The van der Waals surface area contributed by atoms with E-state index in [2.05, 4.69) is 12.1 Å². The molecule has 0 unspecified atom stereocenters. The van der Waals surface area contributed by atoms with Gasteiger partial charge in [-0.25, -0.2) is 0 Å². The molecule has 0 saturated carbocycles. The largest absolute Gasteiger partial charge is 0.366 e. The molecular weight excluding hydrogens is 246 g/mol. The fourth-order valence-electron chi connectivity index (χ4n) is 2.26. The Hall–Kier alpha value is -2.06. The van der Waals surface area contributed by atoms with Gasteiger partial charge in [-0.3, -0.25) is 4.79 Å². The average molecular weight is 258 g/mol. The van der Waals surface area contributed by atoms with Crippen LogP contribution in [0.1, 0.15) is 10.4 Å². The Morgan fingerprint density at radius 3 is 2.28 bits per heavy atom. The first-order valence-electron chi connectivity index (χ1n) is 5.47. The Morgan fingerprint density at radius 1 is 0.778 bits per heavy atom. The van der Waals surface area contributed by atoms with Crippen molar-refractivity contribution in [2.75, 3.05) is 0 Å². The van der Waals surface area contributed by atoms with E-state index in [-0.39, 0.29) is 18.3 Å². The SMILES string of the molecule is Cl.NC(=O)c1cccc2c1ccc1ccccc12. The molecule has 3 heteroatoms. The van der Waals surface area contributed by atoms with E-state index in [0.717, 1.165) is 16.2 Å². The number of carbonyl (C=O) groups excluding carboxylic acids is 1. The zero-order chi connectivity index (χ0) is 11.8. The van der Waals surface area contributed by atoms with Gasteiger partial charge in [-0.05, 0) is 27.6 Å². The van der Waals surface area contributed by atoms with Crippen LogP contribution in [0.25, 0.3) is 21.5 Å². The first kappa shape index (κ1) is 12.4. The Morgan fingerprint density at radius 2 is 1.50 bits per heavy atom. The van der Waals surface area contributed by atoms with Gasteiger partial charge in [0.25, 0.3) is 0 Å². The standard InChI is InChI=1S/C15H11NO.ClH/c16-15(17)14-7-3-6-12-11-5-2-1-4-10(11)8-9-13(12)14;/h1-9H,(H2,16,17);1H. The van der Waals surface area contributed by atoms with Crippen LogP contribution in [0.15, 0.2) is 54.6 Å². The lowest BCUT2D eigenvalue weighted by Gasteiger charge is -2.06. The van der Waals surface area contributed by atoms with Crippen LogP contribution in [0.4, 0.5) is 0 Å². The summed E-state index contributed by atoms with van der Waals surface area (Å²) in [6.45, 7) is 0. The summed E-state index contributed by atoms with van der Waals surface area (Å²) in [6, 6.07) is 17.7. The minimum atomic E-state index is -0.383. The minimum Gasteiger partial charge on any atom is -0.366 e. The first-order valence-corrected chi connectivity index (χ1v) is 5.47. The molecule has 90 valence electrons. The molecule has 0 aromatic heterocycles. The number of carbonyl (C=O) groups is 1. The molecule has 3 rings (SSSR count). The summed E-state index contributed by atoms with van der Waals surface area (Å²) >= 11 is 0. The van der Waals surface area contributed by atoms with Crippen molar-refractivity contribution >= 4 is 39.9 Å². The van der Waals surface area contributed by atoms with Crippen molar-refractivity contribution in [3.05, 3.63) is 60.2 Å². The van der Waals surface area contributed by atoms with Crippen molar-refractivity contribution in [1.82, 2.24) is 0 Å². The van der Waals surface area contributed by atoms with Crippen LogP contribution in [0, 0.1) is 0 Å². The van der Waals surface area contributed by atoms with E-state index < -0.39 is 0 Å². The van der Waals surface area contributed by atoms with E-state index in [1.54, 1.807) is 6.07 Å². The lowest BCUT2D eigenvalue weighted by Crippen LogP contribution is -2.11. The van der Waals surface area contributed by atoms with Gasteiger partial charge in [0.05, 0.1) is 0 Å². The van der Waals surface area contributed by atoms with Gasteiger partial charge in [-0.1, -0.05) is 48.5 Å². The number of hydrogen-bond donors (Lipinski definition) is 1. The van der Waals surface area contributed by atoms with E-state index >= 15 is 0 Å². The normalized spacial score (nSPS) is 10.2. The smallest absolute Gasteiger partial charge is 0.249 e. The molecule has 0 saturated heterocycles. The molecule has 0 atom stereocenters. The highest BCUT2D eigenvalue weighted by Gasteiger charge is 2.07. The monoisotopic (exact) mass is 257 g/mol. The summed E-state index contributed by atoms with van der Waals surface area (Å²) in [7, 11) is 0. The van der Waals surface area contributed by atoms with Crippen molar-refractivity contribution in [3.8, 4) is 0 Å². The Balaban J connectivity index is 0.00000120. The summed E-state index contributed by atoms with van der Waals surface area (Å²) in [6.07, 6.45) is 0. The highest BCUT2D eigenvalue weighted by molar-refractivity contribution is 6.14. The maximum atomic E-state index is 11.4. The second-order valence-corrected chi connectivity index (χ2v) is 4.05. The number of rotatable bonds is 1. The van der Waals surface area contributed by atoms with Crippen LogP contribution in [0.2, 0.25) is 0 Å². The number of nitrogens with two attached hydrogens (primary N) is 1. The number of benzene rings is 3. The van der Waals surface area contributed by atoms with E-state index in [9.17, 15) is 4.79 Å². The van der Waals surface area contributed by atoms with Gasteiger partial charge in [0, 0.05) is 5.56 Å². The number of amides is 1. The Kier molecular flexibility index (Phi) is 3.21. The zero-order valence-corrected chi connectivity index (χ0v) is 10.4. The van der Waals surface area contributed by atoms with Crippen molar-refractivity contribution in [1.29, 1.82) is 0 Å². The third-order valence-corrected chi connectivity index (χ3v) is 3.05. The van der Waals surface area contributed by atoms with Crippen LogP contribution in [0.5, 0.6) is 0 Å². The summed E-state index contributed by atoms with van der Waals surface area (Å²) in [5.41, 5.74) is 5.96. The molecule has 1 amide bonds. The zero-order valence-electron chi connectivity index (χ0n) is 9.59. The topological polar surface area (TPSA) is 43.1 Å². The van der Waals surface area contributed by atoms with Gasteiger partial charge >= 0.3 is 0 Å². The van der Waals surface area contributed by atoms with Crippen LogP contribution in [0.3, 0.4) is 0 Å². The molecule has 0 bridgehead atoms. The van der Waals surface area contributed by atoms with Gasteiger partial charge in [-0.2, -0.15) is 0 Å². The lowest BCUT2D eigenvalue weighted by molar-refractivity contribution is 0.100. The molecule has 3 aromatic carbocycles. The molecule has 0 radical (unpaired) electrons. The van der Waals surface area contributed by atoms with E-state index in [1.807, 2.05) is 36.4 Å². The van der Waals surface area contributed by atoms with Gasteiger partial charge in [0.2, 0.25) is 5.91 Å². The molecule has 0 fully saturated rings. The fraction of sp³-hybridized carbons (Fsp3) is 0. The molecule has 0 aliphatic rings. The number of halogens is 1. The predicted octanol–water partition coefficient (Wildman–Crippen LogP) is 3.51. The summed E-state index contributed by atoms with van der Waals surface area (Å²) in [5, 5.41) is 4.30. The summed E-state index contributed by atoms with van der Waals surface area (Å²) in [5.74, 6) is -0.383. The van der Waals surface area contributed by atoms with Crippen LogP contribution in [-0.4, -0.2) is 5.91 Å². The third-order valence-electron chi connectivity index (χ3n) is 3.05. The number of primary amides is 1. The molecule has 3 aromatic rings. The number of hydrogen-bond acceptors (Lipinski definition) is 1. The first-order chi connectivity index (χ1) is 8.27. The summed E-state index contributed by atoms with van der Waals surface area (Å²) in [4.78, 5) is 11.4. The lowest BCUT2D eigenvalue weighted by atomic mass is 9.98. The molecule has 0 heterocycles. The van der Waals surface area contributed by atoms with Crippen molar-refractivity contribution in [2.45, 2.75) is 0 Å². The van der Waals surface area contributed by atoms with E-state index in [1.165, 1.54) is 5.39 Å². The van der Waals surface area contributed by atoms with Crippen LogP contribution < -0.4 is 5.73 Å². The molecule has 2 nitrogen and oxygen atoms in total. The molecule has 2 N–H and O–H groups in total. The van der Waals surface area contributed by atoms with E-state index in [0.29, 0.717) is 5.56 Å². The summed E-state index contributed by atoms with van der Waals surface area (Å²) < 4.78 is 0. The highest BCUT2D eigenvalue weighted by Crippen LogP contribution is 2.27. The maximum absolute atomic E-state index is 11.4. The minimum absolute atomic E-state index is 0. The maximum Gasteiger partial charge on any atom is 0.249 e. The fourth-order valence-corrected chi connectivity index (χ4v) is 2.26. The van der Waals surface area contributed by atoms with Crippen LogP contribution in [-0.2, 0) is 0 Å². The Labute approximate surface area is 111 Å². The third kappa shape index (κ3) is 1.81. The van der Waals surface area contributed by atoms with Crippen molar-refractivity contribution in [2.24, 2.45) is 5.73 Å². The van der Waals surface area contributed by atoms with Gasteiger partial charge in [0.1, 0.15) is 0 Å². The predicted molar refractivity (Wildman–Crippen MR) is 77.2 cm³/mol. The second kappa shape index (κ2) is 4.67. The van der Waals surface area contributed by atoms with E-state index in [4.69, 9.17) is 5.73 Å². The molecule has 18 heavy (non-hydrogen) atoms. The average Bonchev–Trinajstić information content (AvgIpc) is 2.37. The van der Waals surface area contributed by atoms with Crippen LogP contribution >= 0.6 is 12.4 Å². The number of fused-ring (bicyclic) bond motifs is 3. The highest BCUT2D eigenvalue weighted by atomic mass is 35.5. The van der Waals surface area contributed by atoms with Gasteiger partial charge in [0.15, 0.2) is 0 Å². The molecule has 0 aliphatic carbocycles. The molecule has 0 spiro atoms. The second-order valence-electron chi connectivity index (χ2n) is 4.05. The van der Waals surface area contributed by atoms with Crippen molar-refractivity contribution in [3.63, 3.8) is 0 Å². The molecular formula is C15H12ClNO. The van der Waals surface area contributed by atoms with Gasteiger partial charge < -0.3 is 5.73 Å². The molecule has 0 aliphatic heterocycles. The quantitative estimate of drug-likeness (QED) is 0.666. The van der Waals surface area contributed by atoms with Gasteiger partial charge in [-0.15, -0.1) is 12.4 Å². The van der Waals surface area contributed by atoms with Crippen molar-refractivity contribution < 1.29 is 4.79 Å². The Bertz CT molecular complexity index is 737.